The van der Waals surface area contributed by atoms with E-state index >= 15 is 0 Å². The monoisotopic (exact) mass is 419 g/mol. The van der Waals surface area contributed by atoms with E-state index in [2.05, 4.69) is 17.2 Å². The molecule has 158 valence electrons. The zero-order chi connectivity index (χ0) is 21.2. The number of carbonyl (C=O) groups is 1. The van der Waals surface area contributed by atoms with E-state index in [1.807, 2.05) is 0 Å². The molecule has 0 saturated carbocycles. The Morgan fingerprint density at radius 2 is 2.00 bits per heavy atom. The number of hydrogen-bond acceptors (Lipinski definition) is 4. The van der Waals surface area contributed by atoms with Gasteiger partial charge in [-0.05, 0) is 37.8 Å². The second-order valence-electron chi connectivity index (χ2n) is 7.10. The van der Waals surface area contributed by atoms with Gasteiger partial charge in [-0.1, -0.05) is 43.3 Å². The normalized spacial score (nSPS) is 10.9. The van der Waals surface area contributed by atoms with Crippen LogP contribution >= 0.6 is 11.8 Å². The van der Waals surface area contributed by atoms with Gasteiger partial charge >= 0.3 is 0 Å². The molecule has 0 aliphatic carbocycles. The van der Waals surface area contributed by atoms with Crippen LogP contribution < -0.4 is 10.9 Å². The van der Waals surface area contributed by atoms with E-state index in [0.717, 1.165) is 38.0 Å². The summed E-state index contributed by atoms with van der Waals surface area (Å²) in [5.41, 5.74) is 1.51. The maximum atomic E-state index is 13.9. The van der Waals surface area contributed by atoms with Crippen LogP contribution in [0.25, 0.3) is 0 Å². The predicted molar refractivity (Wildman–Crippen MR) is 116 cm³/mol. The largest absolute Gasteiger partial charge is 0.356 e. The van der Waals surface area contributed by atoms with Crippen LogP contribution in [0.2, 0.25) is 0 Å². The number of nitrogens with zero attached hydrogens (tertiary/aromatic N) is 2. The summed E-state index contributed by atoms with van der Waals surface area (Å²) in [5.74, 6) is 0.572. The molecule has 2 rings (SSSR count). The van der Waals surface area contributed by atoms with E-state index < -0.39 is 0 Å². The maximum absolute atomic E-state index is 13.9. The molecule has 0 atom stereocenters. The Morgan fingerprint density at radius 3 is 2.72 bits per heavy atom. The molecular weight excluding hydrogens is 389 g/mol. The van der Waals surface area contributed by atoms with Crippen LogP contribution in [0.15, 0.2) is 34.2 Å². The zero-order valence-electron chi connectivity index (χ0n) is 17.5. The van der Waals surface area contributed by atoms with Crippen molar-refractivity contribution in [3.05, 3.63) is 57.3 Å². The minimum atomic E-state index is -0.314. The molecular formula is C22H30FN3O2S. The van der Waals surface area contributed by atoms with E-state index in [9.17, 15) is 14.0 Å². The molecule has 0 aliphatic rings. The van der Waals surface area contributed by atoms with E-state index in [1.54, 1.807) is 32.2 Å². The van der Waals surface area contributed by atoms with Gasteiger partial charge in [-0.3, -0.25) is 14.2 Å². The summed E-state index contributed by atoms with van der Waals surface area (Å²) < 4.78 is 15.5. The number of halogens is 1. The highest BCUT2D eigenvalue weighted by Crippen LogP contribution is 2.19. The van der Waals surface area contributed by atoms with Crippen LogP contribution in [-0.4, -0.2) is 27.8 Å². The zero-order valence-corrected chi connectivity index (χ0v) is 18.3. The van der Waals surface area contributed by atoms with Gasteiger partial charge in [0.15, 0.2) is 5.16 Å². The standard InChI is InChI=1S/C22H30FN3O2S/c1-4-5-13-24-20(27)12-8-9-14-29-22-25-16(2)18(21(28)26(22)3)15-17-10-6-7-11-19(17)23/h6-7,10-11H,4-5,8-9,12-15H2,1-3H3,(H,24,27). The van der Waals surface area contributed by atoms with Gasteiger partial charge in [0.05, 0.1) is 0 Å². The first-order chi connectivity index (χ1) is 13.9. The number of rotatable bonds is 11. The molecule has 7 heteroatoms. The first-order valence-electron chi connectivity index (χ1n) is 10.1. The molecule has 0 unspecified atom stereocenters. The van der Waals surface area contributed by atoms with Gasteiger partial charge in [-0.2, -0.15) is 0 Å². The minimum absolute atomic E-state index is 0.0994. The average Bonchev–Trinajstić information content (AvgIpc) is 2.70. The summed E-state index contributed by atoms with van der Waals surface area (Å²) >= 11 is 1.51. The predicted octanol–water partition coefficient (Wildman–Crippen LogP) is 4.00. The third-order valence-corrected chi connectivity index (χ3v) is 5.87. The molecule has 1 amide bonds. The molecule has 5 nitrogen and oxygen atoms in total. The van der Waals surface area contributed by atoms with Crippen molar-refractivity contribution in [3.63, 3.8) is 0 Å². The van der Waals surface area contributed by atoms with Crippen LogP contribution in [0, 0.1) is 12.7 Å². The summed E-state index contributed by atoms with van der Waals surface area (Å²) in [7, 11) is 1.70. The molecule has 1 aromatic carbocycles. The highest BCUT2D eigenvalue weighted by Gasteiger charge is 2.14. The van der Waals surface area contributed by atoms with Crippen molar-refractivity contribution in [2.45, 2.75) is 57.5 Å². The van der Waals surface area contributed by atoms with Crippen molar-refractivity contribution < 1.29 is 9.18 Å². The third kappa shape index (κ3) is 6.99. The molecule has 2 aromatic rings. The minimum Gasteiger partial charge on any atom is -0.356 e. The van der Waals surface area contributed by atoms with Gasteiger partial charge in [-0.15, -0.1) is 0 Å². The van der Waals surface area contributed by atoms with Gasteiger partial charge in [0.2, 0.25) is 5.91 Å². The summed E-state index contributed by atoms with van der Waals surface area (Å²) in [5, 5.41) is 3.57. The fourth-order valence-electron chi connectivity index (χ4n) is 2.94. The summed E-state index contributed by atoms with van der Waals surface area (Å²) in [6.45, 7) is 4.63. The van der Waals surface area contributed by atoms with Crippen LogP contribution in [0.5, 0.6) is 0 Å². The quantitative estimate of drug-likeness (QED) is 0.340. The number of hydrogen-bond donors (Lipinski definition) is 1. The van der Waals surface area contributed by atoms with Gasteiger partial charge in [0.25, 0.3) is 5.56 Å². The van der Waals surface area contributed by atoms with E-state index in [4.69, 9.17) is 0 Å². The first-order valence-corrected chi connectivity index (χ1v) is 11.1. The van der Waals surface area contributed by atoms with Crippen molar-refractivity contribution >= 4 is 17.7 Å². The highest BCUT2D eigenvalue weighted by molar-refractivity contribution is 7.99. The number of benzene rings is 1. The van der Waals surface area contributed by atoms with Crippen LogP contribution in [0.4, 0.5) is 4.39 Å². The van der Waals surface area contributed by atoms with E-state index in [-0.39, 0.29) is 23.7 Å². The molecule has 0 aliphatic heterocycles. The molecule has 0 radical (unpaired) electrons. The van der Waals surface area contributed by atoms with Crippen molar-refractivity contribution in [1.82, 2.24) is 14.9 Å². The molecule has 0 saturated heterocycles. The lowest BCUT2D eigenvalue weighted by Gasteiger charge is -2.12. The van der Waals surface area contributed by atoms with Crippen molar-refractivity contribution in [1.29, 1.82) is 0 Å². The van der Waals surface area contributed by atoms with Crippen LogP contribution in [-0.2, 0) is 18.3 Å². The smallest absolute Gasteiger partial charge is 0.257 e. The average molecular weight is 420 g/mol. The van der Waals surface area contributed by atoms with Gasteiger partial charge in [0, 0.05) is 43.4 Å². The number of aromatic nitrogens is 2. The lowest BCUT2D eigenvalue weighted by Crippen LogP contribution is -2.26. The molecule has 0 bridgehead atoms. The third-order valence-electron chi connectivity index (χ3n) is 4.76. The molecule has 1 heterocycles. The molecule has 29 heavy (non-hydrogen) atoms. The van der Waals surface area contributed by atoms with Gasteiger partial charge in [-0.25, -0.2) is 9.37 Å². The Kier molecular flexibility index (Phi) is 9.38. The molecule has 1 aromatic heterocycles. The topological polar surface area (TPSA) is 64.0 Å². The Hall–Kier alpha value is -2.15. The van der Waals surface area contributed by atoms with Gasteiger partial charge in [0.1, 0.15) is 5.82 Å². The lowest BCUT2D eigenvalue weighted by molar-refractivity contribution is -0.121. The van der Waals surface area contributed by atoms with Crippen LogP contribution in [0.1, 0.15) is 55.8 Å². The Labute approximate surface area is 176 Å². The maximum Gasteiger partial charge on any atom is 0.257 e. The van der Waals surface area contributed by atoms with Crippen molar-refractivity contribution in [2.24, 2.45) is 7.05 Å². The highest BCUT2D eigenvalue weighted by atomic mass is 32.2. The Bertz CT molecular complexity index is 883. The lowest BCUT2D eigenvalue weighted by atomic mass is 10.0. The molecule has 1 N–H and O–H groups in total. The van der Waals surface area contributed by atoms with Crippen LogP contribution in [0.3, 0.4) is 0 Å². The number of aryl methyl sites for hydroxylation is 1. The SMILES string of the molecule is CCCCNC(=O)CCCCSc1nc(C)c(Cc2ccccc2F)c(=O)n1C. The summed E-state index contributed by atoms with van der Waals surface area (Å²) in [4.78, 5) is 29.0. The summed E-state index contributed by atoms with van der Waals surface area (Å²) in [6.07, 6.45) is 4.52. The number of carbonyl (C=O) groups excluding carboxylic acids is 1. The number of thioether (sulfide) groups is 1. The second kappa shape index (κ2) is 11.8. The first kappa shape index (κ1) is 23.1. The van der Waals surface area contributed by atoms with E-state index in [1.165, 1.54) is 22.4 Å². The summed E-state index contributed by atoms with van der Waals surface area (Å²) in [6, 6.07) is 6.49. The van der Waals surface area contributed by atoms with E-state index in [0.29, 0.717) is 28.4 Å². The fourth-order valence-corrected chi connectivity index (χ4v) is 3.95. The van der Waals surface area contributed by atoms with Crippen molar-refractivity contribution in [2.75, 3.05) is 12.3 Å². The van der Waals surface area contributed by atoms with Gasteiger partial charge < -0.3 is 5.32 Å². The van der Waals surface area contributed by atoms with Crippen molar-refractivity contribution in [3.8, 4) is 0 Å². The number of unbranched alkanes of at least 4 members (excludes halogenated alkanes) is 2. The Morgan fingerprint density at radius 1 is 1.24 bits per heavy atom. The fraction of sp³-hybridized carbons (Fsp3) is 0.500. The second-order valence-corrected chi connectivity index (χ2v) is 8.16. The molecule has 0 spiro atoms. The Balaban J connectivity index is 1.90. The number of amides is 1. The number of nitrogens with one attached hydrogen (secondary N) is 1. The molecule has 0 fully saturated rings.